The van der Waals surface area contributed by atoms with Crippen LogP contribution in [0.15, 0.2) is 84.9 Å². The highest BCUT2D eigenvalue weighted by Crippen LogP contribution is 2.51. The van der Waals surface area contributed by atoms with Gasteiger partial charge in [-0.1, -0.05) is 127 Å². The molecule has 4 saturated carbocycles. The van der Waals surface area contributed by atoms with Crippen molar-refractivity contribution in [1.29, 1.82) is 0 Å². The van der Waals surface area contributed by atoms with Crippen LogP contribution < -0.4 is 26.2 Å². The first kappa shape index (κ1) is 35.4. The first-order valence-electron chi connectivity index (χ1n) is 23.2. The first-order valence-corrected chi connectivity index (χ1v) is 23.2. The lowest BCUT2D eigenvalue weighted by molar-refractivity contribution is 0.443. The lowest BCUT2D eigenvalue weighted by Crippen LogP contribution is -2.63. The Labute approximate surface area is 338 Å². The Kier molecular flexibility index (Phi) is 8.85. The molecule has 288 valence electrons. The van der Waals surface area contributed by atoms with Crippen molar-refractivity contribution in [3.05, 3.63) is 107 Å². The molecule has 5 aliphatic carbocycles. The van der Waals surface area contributed by atoms with E-state index >= 15 is 0 Å². The first-order chi connectivity index (χ1) is 27.4. The number of hydrogen-bond acceptors (Lipinski definition) is 2. The number of rotatable bonds is 5. The summed E-state index contributed by atoms with van der Waals surface area (Å²) in [5, 5.41) is 0. The van der Waals surface area contributed by atoms with Crippen molar-refractivity contribution in [1.82, 2.24) is 0 Å². The van der Waals surface area contributed by atoms with Crippen molar-refractivity contribution >= 4 is 51.5 Å². The molecule has 3 atom stereocenters. The summed E-state index contributed by atoms with van der Waals surface area (Å²) in [6, 6.07) is 31.5. The van der Waals surface area contributed by atoms with Crippen LogP contribution in [-0.4, -0.2) is 12.8 Å². The fourth-order valence-electron chi connectivity index (χ4n) is 12.9. The van der Waals surface area contributed by atoms with E-state index in [1.54, 1.807) is 22.2 Å². The molecular weight excluding hydrogens is 675 g/mol. The third-order valence-electron chi connectivity index (χ3n) is 16.0. The third-order valence-corrected chi connectivity index (χ3v) is 16.0. The highest BCUT2D eigenvalue weighted by molar-refractivity contribution is 7.00. The summed E-state index contributed by atoms with van der Waals surface area (Å²) >= 11 is 0. The Morgan fingerprint density at radius 2 is 1.11 bits per heavy atom. The molecule has 56 heavy (non-hydrogen) atoms. The fraction of sp³-hybridized carbons (Fsp3) is 0.509. The summed E-state index contributed by atoms with van der Waals surface area (Å²) in [4.78, 5) is 5.65. The van der Waals surface area contributed by atoms with Gasteiger partial charge in [-0.25, -0.2) is 0 Å². The number of allylic oxidation sites excluding steroid dienone is 1. The van der Waals surface area contributed by atoms with Gasteiger partial charge in [-0.2, -0.15) is 0 Å². The minimum atomic E-state index is 0.0799. The molecule has 11 rings (SSSR count). The van der Waals surface area contributed by atoms with E-state index in [1.165, 1.54) is 154 Å². The maximum atomic E-state index is 2.91. The van der Waals surface area contributed by atoms with Crippen molar-refractivity contribution < 1.29 is 0 Å². The minimum absolute atomic E-state index is 0.0799. The molecule has 2 aliphatic heterocycles. The van der Waals surface area contributed by atoms with Crippen LogP contribution in [-0.2, 0) is 5.41 Å². The molecule has 2 nitrogen and oxygen atoms in total. The molecule has 0 aromatic heterocycles. The van der Waals surface area contributed by atoms with E-state index in [2.05, 4.69) is 116 Å². The van der Waals surface area contributed by atoms with Gasteiger partial charge in [-0.15, -0.1) is 0 Å². The zero-order valence-corrected chi connectivity index (χ0v) is 34.5. The zero-order valence-electron chi connectivity index (χ0n) is 34.5. The Hall–Kier alpha value is -3.72. The Balaban J connectivity index is 1.16. The highest BCUT2D eigenvalue weighted by atomic mass is 15.2. The molecule has 0 amide bonds. The molecule has 0 radical (unpaired) electrons. The SMILES string of the molecule is CC(C)(C)c1ccc2c(c1)B1c3cc(C4CCCCC4)ccc3N(c3ccc(C4CCCCC4)cc3)c3cc(C4CCCCC4)cc(c31)N2C1CC2C=CC1C2. The maximum absolute atomic E-state index is 2.91. The van der Waals surface area contributed by atoms with E-state index in [0.29, 0.717) is 29.7 Å². The lowest BCUT2D eigenvalue weighted by atomic mass is 9.33. The molecule has 3 heteroatoms. The van der Waals surface area contributed by atoms with E-state index in [-0.39, 0.29) is 12.1 Å². The maximum Gasteiger partial charge on any atom is 0.252 e. The average molecular weight is 739 g/mol. The van der Waals surface area contributed by atoms with Crippen LogP contribution in [0.3, 0.4) is 0 Å². The Morgan fingerprint density at radius 3 is 1.73 bits per heavy atom. The van der Waals surface area contributed by atoms with Gasteiger partial charge in [0.15, 0.2) is 0 Å². The summed E-state index contributed by atoms with van der Waals surface area (Å²) in [7, 11) is 0. The van der Waals surface area contributed by atoms with Crippen LogP contribution in [0.4, 0.5) is 28.4 Å². The van der Waals surface area contributed by atoms with E-state index in [0.717, 1.165) is 5.92 Å². The molecular formula is C53H63BN2. The second-order valence-corrected chi connectivity index (χ2v) is 20.4. The average Bonchev–Trinajstić information content (AvgIpc) is 3.88. The van der Waals surface area contributed by atoms with Crippen molar-refractivity contribution in [2.24, 2.45) is 11.8 Å². The Bertz CT molecular complexity index is 2140. The van der Waals surface area contributed by atoms with E-state index in [9.17, 15) is 0 Å². The summed E-state index contributed by atoms with van der Waals surface area (Å²) in [6.45, 7) is 7.43. The van der Waals surface area contributed by atoms with Gasteiger partial charge in [0.2, 0.25) is 0 Å². The fourth-order valence-corrected chi connectivity index (χ4v) is 12.9. The lowest BCUT2D eigenvalue weighted by Gasteiger charge is -2.48. The third kappa shape index (κ3) is 5.95. The van der Waals surface area contributed by atoms with Crippen molar-refractivity contribution in [2.45, 2.75) is 159 Å². The summed E-state index contributed by atoms with van der Waals surface area (Å²) < 4.78 is 0. The number of fused-ring (bicyclic) bond motifs is 6. The standard InChI is InChI=1S/C53H63BN2/c1-53(2,3)43-24-28-48-46(34-43)54-45-31-40(37-15-9-5-10-16-37)23-27-47(45)55(44-25-21-39(22-26-44)36-13-7-4-8-14-36)50-32-42(38-17-11-6-12-18-38)33-51(52(50)54)56(48)49-30-35-19-20-41(49)29-35/h19-28,31-38,41,49H,4-18,29-30H2,1-3H3. The van der Waals surface area contributed by atoms with Gasteiger partial charge in [-0.3, -0.25) is 0 Å². The molecule has 0 N–H and O–H groups in total. The van der Waals surface area contributed by atoms with Crippen LogP contribution in [0.25, 0.3) is 0 Å². The monoisotopic (exact) mass is 739 g/mol. The van der Waals surface area contributed by atoms with E-state index in [4.69, 9.17) is 0 Å². The van der Waals surface area contributed by atoms with E-state index < -0.39 is 0 Å². The molecule has 7 aliphatic rings. The summed E-state index contributed by atoms with van der Waals surface area (Å²) in [6.07, 6.45) is 28.1. The second-order valence-electron chi connectivity index (χ2n) is 20.4. The van der Waals surface area contributed by atoms with Gasteiger partial charge in [0.1, 0.15) is 0 Å². The quantitative estimate of drug-likeness (QED) is 0.131. The predicted molar refractivity (Wildman–Crippen MR) is 240 cm³/mol. The zero-order chi connectivity index (χ0) is 37.5. The van der Waals surface area contributed by atoms with Gasteiger partial charge in [-0.05, 0) is 161 Å². The van der Waals surface area contributed by atoms with Crippen LogP contribution in [0.5, 0.6) is 0 Å². The normalized spacial score (nSPS) is 25.1. The van der Waals surface area contributed by atoms with Crippen LogP contribution in [0.2, 0.25) is 0 Å². The predicted octanol–water partition coefficient (Wildman–Crippen LogP) is 12.8. The second kappa shape index (κ2) is 14.0. The van der Waals surface area contributed by atoms with Crippen LogP contribution in [0, 0.1) is 11.8 Å². The molecule has 4 aromatic carbocycles. The van der Waals surface area contributed by atoms with Crippen LogP contribution >= 0.6 is 0 Å². The summed E-state index contributed by atoms with van der Waals surface area (Å²) in [5.41, 5.74) is 18.1. The van der Waals surface area contributed by atoms with Gasteiger partial charge in [0.05, 0.1) is 0 Å². The molecule has 4 fully saturated rings. The largest absolute Gasteiger partial charge is 0.339 e. The summed E-state index contributed by atoms with van der Waals surface area (Å²) in [5.74, 6) is 3.37. The molecule has 3 unspecified atom stereocenters. The van der Waals surface area contributed by atoms with Crippen molar-refractivity contribution in [3.63, 3.8) is 0 Å². The van der Waals surface area contributed by atoms with E-state index in [1.807, 2.05) is 0 Å². The number of hydrogen-bond donors (Lipinski definition) is 0. The van der Waals surface area contributed by atoms with Gasteiger partial charge < -0.3 is 9.80 Å². The van der Waals surface area contributed by atoms with Gasteiger partial charge in [0, 0.05) is 34.5 Å². The molecule has 2 heterocycles. The van der Waals surface area contributed by atoms with Crippen LogP contribution in [0.1, 0.15) is 170 Å². The number of anilines is 5. The van der Waals surface area contributed by atoms with Crippen molar-refractivity contribution in [3.8, 4) is 0 Å². The topological polar surface area (TPSA) is 6.48 Å². The number of nitrogens with zero attached hydrogens (tertiary/aromatic N) is 2. The van der Waals surface area contributed by atoms with Gasteiger partial charge in [0.25, 0.3) is 6.71 Å². The smallest absolute Gasteiger partial charge is 0.252 e. The number of benzene rings is 4. The molecule has 2 bridgehead atoms. The van der Waals surface area contributed by atoms with Gasteiger partial charge >= 0.3 is 0 Å². The molecule has 0 spiro atoms. The van der Waals surface area contributed by atoms with Crippen molar-refractivity contribution in [2.75, 3.05) is 9.80 Å². The minimum Gasteiger partial charge on any atom is -0.339 e. The molecule has 0 saturated heterocycles. The highest BCUT2D eigenvalue weighted by Gasteiger charge is 2.48. The Morgan fingerprint density at radius 1 is 0.518 bits per heavy atom. The molecule has 4 aromatic rings.